The molecular weight excluding hydrogens is 336 g/mol. The summed E-state index contributed by atoms with van der Waals surface area (Å²) >= 11 is 0. The lowest BCUT2D eigenvalue weighted by Gasteiger charge is -2.45. The van der Waals surface area contributed by atoms with Gasteiger partial charge in [-0.1, -0.05) is 36.8 Å². The van der Waals surface area contributed by atoms with Gasteiger partial charge in [0.2, 0.25) is 5.91 Å². The first kappa shape index (κ1) is 17.0. The first-order chi connectivity index (χ1) is 12.0. The number of piperazine rings is 1. The molecule has 1 amide bonds. The van der Waals surface area contributed by atoms with Crippen molar-refractivity contribution in [1.29, 1.82) is 0 Å². The first-order valence-electron chi connectivity index (χ1n) is 9.32. The van der Waals surface area contributed by atoms with E-state index < -0.39 is 9.84 Å². The normalized spacial score (nSPS) is 29.2. The number of fused-ring (bicyclic) bond motifs is 1. The molecule has 0 spiro atoms. The Labute approximate surface area is 149 Å². The average Bonchev–Trinajstić information content (AvgIpc) is 2.87. The lowest BCUT2D eigenvalue weighted by molar-refractivity contribution is -0.144. The van der Waals surface area contributed by atoms with Gasteiger partial charge < -0.3 is 4.90 Å². The number of hydrogen-bond acceptors (Lipinski definition) is 4. The van der Waals surface area contributed by atoms with Crippen molar-refractivity contribution >= 4 is 15.7 Å². The van der Waals surface area contributed by atoms with Crippen molar-refractivity contribution in [3.05, 3.63) is 35.9 Å². The van der Waals surface area contributed by atoms with Crippen molar-refractivity contribution in [3.8, 4) is 0 Å². The summed E-state index contributed by atoms with van der Waals surface area (Å²) in [5.74, 6) is 0.666. The number of nitrogens with zero attached hydrogens (tertiary/aromatic N) is 2. The van der Waals surface area contributed by atoms with Gasteiger partial charge in [-0.05, 0) is 24.8 Å². The third kappa shape index (κ3) is 3.47. The van der Waals surface area contributed by atoms with Crippen LogP contribution in [0.2, 0.25) is 0 Å². The van der Waals surface area contributed by atoms with E-state index in [0.717, 1.165) is 38.8 Å². The molecule has 0 unspecified atom stereocenters. The van der Waals surface area contributed by atoms with E-state index in [4.69, 9.17) is 0 Å². The molecule has 4 rings (SSSR count). The van der Waals surface area contributed by atoms with Crippen LogP contribution in [0.15, 0.2) is 30.3 Å². The summed E-state index contributed by atoms with van der Waals surface area (Å²) in [4.78, 5) is 16.9. The Bertz CT molecular complexity index is 730. The van der Waals surface area contributed by atoms with Gasteiger partial charge in [-0.25, -0.2) is 8.42 Å². The van der Waals surface area contributed by atoms with Crippen LogP contribution in [0.1, 0.15) is 24.8 Å². The summed E-state index contributed by atoms with van der Waals surface area (Å²) in [6.07, 6.45) is 3.98. The van der Waals surface area contributed by atoms with Gasteiger partial charge in [0.25, 0.3) is 0 Å². The van der Waals surface area contributed by atoms with Crippen LogP contribution < -0.4 is 0 Å². The molecule has 2 saturated heterocycles. The predicted octanol–water partition coefficient (Wildman–Crippen LogP) is 1.34. The Morgan fingerprint density at radius 1 is 1.04 bits per heavy atom. The molecule has 2 heterocycles. The van der Waals surface area contributed by atoms with Crippen LogP contribution in [0.4, 0.5) is 0 Å². The fourth-order valence-corrected chi connectivity index (χ4v) is 6.39. The van der Waals surface area contributed by atoms with Crippen molar-refractivity contribution in [1.82, 2.24) is 9.80 Å². The minimum Gasteiger partial charge on any atom is -0.336 e. The van der Waals surface area contributed by atoms with E-state index >= 15 is 0 Å². The van der Waals surface area contributed by atoms with Crippen molar-refractivity contribution in [3.63, 3.8) is 0 Å². The van der Waals surface area contributed by atoms with Gasteiger partial charge in [-0.2, -0.15) is 0 Å². The van der Waals surface area contributed by atoms with Crippen LogP contribution in [0.5, 0.6) is 0 Å². The molecule has 3 fully saturated rings. The third-order valence-electron chi connectivity index (χ3n) is 6.06. The zero-order valence-corrected chi connectivity index (χ0v) is 15.3. The van der Waals surface area contributed by atoms with Crippen LogP contribution in [-0.2, 0) is 21.1 Å². The minimum absolute atomic E-state index is 0.0357. The van der Waals surface area contributed by atoms with Crippen molar-refractivity contribution in [2.24, 2.45) is 5.92 Å². The molecule has 6 heteroatoms. The van der Waals surface area contributed by atoms with Crippen LogP contribution in [0, 0.1) is 5.92 Å². The van der Waals surface area contributed by atoms with E-state index in [1.165, 1.54) is 5.56 Å². The zero-order valence-electron chi connectivity index (χ0n) is 14.5. The molecule has 1 aliphatic carbocycles. The fraction of sp³-hybridized carbons (Fsp3) is 0.632. The fourth-order valence-electron chi connectivity index (χ4n) is 4.38. The lowest BCUT2D eigenvalue weighted by atomic mass is 9.83. The first-order valence-corrected chi connectivity index (χ1v) is 11.1. The zero-order chi connectivity index (χ0) is 17.4. The second kappa shape index (κ2) is 6.72. The second-order valence-electron chi connectivity index (χ2n) is 7.64. The summed E-state index contributed by atoms with van der Waals surface area (Å²) in [6.45, 7) is 2.30. The summed E-state index contributed by atoms with van der Waals surface area (Å²) in [7, 11) is -3.06. The summed E-state index contributed by atoms with van der Waals surface area (Å²) in [5.41, 5.74) is 1.27. The molecule has 2 aliphatic heterocycles. The quantitative estimate of drug-likeness (QED) is 0.811. The highest BCUT2D eigenvalue weighted by Crippen LogP contribution is 2.33. The van der Waals surface area contributed by atoms with Crippen LogP contribution in [-0.4, -0.2) is 67.3 Å². The number of carbonyl (C=O) groups excluding carboxylic acids is 1. The average molecular weight is 362 g/mol. The molecule has 0 radical (unpaired) electrons. The highest BCUT2D eigenvalue weighted by atomic mass is 32.2. The number of hydrogen-bond donors (Lipinski definition) is 0. The van der Waals surface area contributed by atoms with E-state index in [1.54, 1.807) is 0 Å². The smallest absolute Gasteiger partial charge is 0.226 e. The Balaban J connectivity index is 1.47. The Hall–Kier alpha value is -1.40. The maximum atomic E-state index is 12.7. The largest absolute Gasteiger partial charge is 0.336 e. The second-order valence-corrected chi connectivity index (χ2v) is 9.80. The molecule has 2 atom stereocenters. The topological polar surface area (TPSA) is 57.7 Å². The molecule has 1 aromatic carbocycles. The van der Waals surface area contributed by atoms with Crippen LogP contribution in [0.3, 0.4) is 0 Å². The monoisotopic (exact) mass is 362 g/mol. The van der Waals surface area contributed by atoms with Crippen LogP contribution >= 0.6 is 0 Å². The highest BCUT2D eigenvalue weighted by molar-refractivity contribution is 7.91. The Kier molecular flexibility index (Phi) is 4.58. The molecule has 1 aromatic rings. The van der Waals surface area contributed by atoms with Crippen molar-refractivity contribution < 1.29 is 13.2 Å². The molecule has 1 saturated carbocycles. The van der Waals surface area contributed by atoms with E-state index in [-0.39, 0.29) is 35.4 Å². The van der Waals surface area contributed by atoms with Gasteiger partial charge in [0.1, 0.15) is 0 Å². The summed E-state index contributed by atoms with van der Waals surface area (Å²) < 4.78 is 24.5. The number of benzene rings is 1. The van der Waals surface area contributed by atoms with Gasteiger partial charge in [0.05, 0.1) is 17.5 Å². The standard InChI is InChI=1S/C19H26N2O3S/c22-19(16-7-4-8-16)21-12-11-20(10-9-15-5-2-1-3-6-15)17-13-25(23,24)14-18(17)21/h1-3,5-6,16-18H,4,7-14H2/t17-,18+/m0/s1. The number of carbonyl (C=O) groups is 1. The van der Waals surface area contributed by atoms with Crippen LogP contribution in [0.25, 0.3) is 0 Å². The molecule has 0 aromatic heterocycles. The van der Waals surface area contributed by atoms with Gasteiger partial charge >= 0.3 is 0 Å². The molecule has 0 bridgehead atoms. The maximum absolute atomic E-state index is 12.7. The predicted molar refractivity (Wildman–Crippen MR) is 97.0 cm³/mol. The molecule has 25 heavy (non-hydrogen) atoms. The van der Waals surface area contributed by atoms with Gasteiger partial charge in [0.15, 0.2) is 9.84 Å². The third-order valence-corrected chi connectivity index (χ3v) is 7.76. The molecule has 5 nitrogen and oxygen atoms in total. The highest BCUT2D eigenvalue weighted by Gasteiger charge is 2.48. The maximum Gasteiger partial charge on any atom is 0.226 e. The van der Waals surface area contributed by atoms with E-state index in [1.807, 2.05) is 23.1 Å². The van der Waals surface area contributed by atoms with Gasteiger partial charge in [-0.3, -0.25) is 9.69 Å². The Morgan fingerprint density at radius 2 is 1.76 bits per heavy atom. The van der Waals surface area contributed by atoms with Crippen molar-refractivity contribution in [2.45, 2.75) is 37.8 Å². The van der Waals surface area contributed by atoms with E-state index in [0.29, 0.717) is 6.54 Å². The number of rotatable bonds is 4. The molecular formula is C19H26N2O3S. The molecule has 3 aliphatic rings. The van der Waals surface area contributed by atoms with Gasteiger partial charge in [0, 0.05) is 31.6 Å². The lowest BCUT2D eigenvalue weighted by Crippen LogP contribution is -2.62. The minimum atomic E-state index is -3.06. The van der Waals surface area contributed by atoms with E-state index in [2.05, 4.69) is 17.0 Å². The SMILES string of the molecule is O=C(C1CCC1)N1CCN(CCc2ccccc2)[C@H]2CS(=O)(=O)C[C@H]21. The summed E-state index contributed by atoms with van der Waals surface area (Å²) in [6, 6.07) is 10.1. The summed E-state index contributed by atoms with van der Waals surface area (Å²) in [5, 5.41) is 0. The Morgan fingerprint density at radius 3 is 2.44 bits per heavy atom. The molecule has 0 N–H and O–H groups in total. The number of sulfone groups is 1. The number of amides is 1. The molecule has 136 valence electrons. The van der Waals surface area contributed by atoms with Gasteiger partial charge in [-0.15, -0.1) is 0 Å². The van der Waals surface area contributed by atoms with E-state index in [9.17, 15) is 13.2 Å². The van der Waals surface area contributed by atoms with Crippen molar-refractivity contribution in [2.75, 3.05) is 31.1 Å².